The summed E-state index contributed by atoms with van der Waals surface area (Å²) in [5, 5.41) is 3.75. The lowest BCUT2D eigenvalue weighted by molar-refractivity contribution is -0.136. The Morgan fingerprint density at radius 1 is 1.32 bits per heavy atom. The van der Waals surface area contributed by atoms with Crippen LogP contribution in [0.3, 0.4) is 0 Å². The Hall–Kier alpha value is -2.77. The van der Waals surface area contributed by atoms with Crippen molar-refractivity contribution < 1.29 is 23.5 Å². The van der Waals surface area contributed by atoms with Crippen LogP contribution in [0, 0.1) is 11.7 Å². The van der Waals surface area contributed by atoms with Crippen molar-refractivity contribution in [2.24, 2.45) is 11.0 Å². The fourth-order valence-electron chi connectivity index (χ4n) is 2.51. The number of hydrazone groups is 1. The zero-order chi connectivity index (χ0) is 15.9. The third-order valence-electron chi connectivity index (χ3n) is 3.49. The highest BCUT2D eigenvalue weighted by Crippen LogP contribution is 2.30. The summed E-state index contributed by atoms with van der Waals surface area (Å²) >= 11 is 0. The third kappa shape index (κ3) is 2.03. The molecule has 0 bridgehead atoms. The summed E-state index contributed by atoms with van der Waals surface area (Å²) < 4.78 is 17.8. The number of benzene rings is 1. The second kappa shape index (κ2) is 5.21. The molecule has 0 spiro atoms. The van der Waals surface area contributed by atoms with Gasteiger partial charge in [-0.05, 0) is 31.2 Å². The normalized spacial score (nSPS) is 23.2. The molecule has 0 aromatic heterocycles. The van der Waals surface area contributed by atoms with Gasteiger partial charge in [0.05, 0.1) is 12.3 Å². The topological polar surface area (TPSA) is 88.1 Å². The minimum Gasteiger partial charge on any atom is -0.461 e. The fraction of sp³-hybridized carbons (Fsp3) is 0.286. The van der Waals surface area contributed by atoms with Gasteiger partial charge in [-0.15, -0.1) is 0 Å². The Balaban J connectivity index is 1.91. The van der Waals surface area contributed by atoms with E-state index in [9.17, 15) is 18.8 Å². The van der Waals surface area contributed by atoms with Crippen LogP contribution in [0.4, 0.5) is 10.1 Å². The second-order valence-electron chi connectivity index (χ2n) is 4.79. The predicted molar refractivity (Wildman–Crippen MR) is 73.4 cm³/mol. The van der Waals surface area contributed by atoms with Crippen molar-refractivity contribution in [3.05, 3.63) is 30.1 Å². The van der Waals surface area contributed by atoms with Crippen LogP contribution < -0.4 is 10.3 Å². The van der Waals surface area contributed by atoms with E-state index in [0.717, 1.165) is 17.0 Å². The zero-order valence-electron chi connectivity index (χ0n) is 11.6. The second-order valence-corrected chi connectivity index (χ2v) is 4.79. The van der Waals surface area contributed by atoms with Gasteiger partial charge in [0.1, 0.15) is 17.8 Å². The Kier molecular flexibility index (Phi) is 3.36. The molecule has 7 nitrogen and oxygen atoms in total. The molecule has 8 heteroatoms. The number of imide groups is 1. The molecule has 1 N–H and O–H groups in total. The molecule has 2 aliphatic heterocycles. The highest BCUT2D eigenvalue weighted by Gasteiger charge is 2.55. The van der Waals surface area contributed by atoms with Gasteiger partial charge in [-0.25, -0.2) is 14.1 Å². The lowest BCUT2D eigenvalue weighted by Crippen LogP contribution is -2.36. The van der Waals surface area contributed by atoms with Gasteiger partial charge in [0, 0.05) is 0 Å². The van der Waals surface area contributed by atoms with E-state index in [4.69, 9.17) is 4.74 Å². The van der Waals surface area contributed by atoms with Gasteiger partial charge in [0.2, 0.25) is 5.91 Å². The number of fused-ring (bicyclic) bond motifs is 1. The Morgan fingerprint density at radius 3 is 2.64 bits per heavy atom. The van der Waals surface area contributed by atoms with Gasteiger partial charge in [-0.1, -0.05) is 0 Å². The maximum Gasteiger partial charge on any atom is 0.355 e. The van der Waals surface area contributed by atoms with Crippen LogP contribution in [-0.4, -0.2) is 36.1 Å². The number of anilines is 1. The lowest BCUT2D eigenvalue weighted by Gasteiger charge is -2.15. The average Bonchev–Trinajstić information content (AvgIpc) is 3.03. The van der Waals surface area contributed by atoms with E-state index in [1.807, 2.05) is 0 Å². The third-order valence-corrected chi connectivity index (χ3v) is 3.49. The Morgan fingerprint density at radius 2 is 2.00 bits per heavy atom. The van der Waals surface area contributed by atoms with Crippen LogP contribution in [0.1, 0.15) is 6.92 Å². The number of hydrogen-bond donors (Lipinski definition) is 1. The summed E-state index contributed by atoms with van der Waals surface area (Å²) in [7, 11) is 0. The first-order valence-electron chi connectivity index (χ1n) is 6.68. The molecule has 0 unspecified atom stereocenters. The largest absolute Gasteiger partial charge is 0.461 e. The van der Waals surface area contributed by atoms with Crippen LogP contribution in [-0.2, 0) is 19.1 Å². The molecule has 2 amide bonds. The summed E-state index contributed by atoms with van der Waals surface area (Å²) in [5.41, 5.74) is 2.63. The molecule has 3 rings (SSSR count). The summed E-state index contributed by atoms with van der Waals surface area (Å²) in [4.78, 5) is 37.5. The first-order valence-corrected chi connectivity index (χ1v) is 6.68. The van der Waals surface area contributed by atoms with E-state index in [1.54, 1.807) is 6.92 Å². The number of halogens is 1. The highest BCUT2D eigenvalue weighted by molar-refractivity contribution is 6.46. The maximum absolute atomic E-state index is 13.0. The van der Waals surface area contributed by atoms with Crippen LogP contribution in [0.2, 0.25) is 0 Å². The first kappa shape index (κ1) is 14.2. The molecule has 1 aromatic carbocycles. The summed E-state index contributed by atoms with van der Waals surface area (Å²) in [6, 6.07) is 4.02. The molecule has 1 aromatic rings. The first-order chi connectivity index (χ1) is 10.5. The number of ether oxygens (including phenoxy) is 1. The number of esters is 1. The molecule has 0 radical (unpaired) electrons. The van der Waals surface area contributed by atoms with Gasteiger partial charge < -0.3 is 4.74 Å². The van der Waals surface area contributed by atoms with Gasteiger partial charge in [-0.2, -0.15) is 5.10 Å². The molecule has 1 fully saturated rings. The number of amides is 2. The zero-order valence-corrected chi connectivity index (χ0v) is 11.6. The van der Waals surface area contributed by atoms with Crippen LogP contribution in [0.5, 0.6) is 0 Å². The van der Waals surface area contributed by atoms with E-state index in [0.29, 0.717) is 0 Å². The van der Waals surface area contributed by atoms with Gasteiger partial charge in [0.15, 0.2) is 5.71 Å². The maximum atomic E-state index is 13.0. The molecule has 0 saturated carbocycles. The monoisotopic (exact) mass is 305 g/mol. The molecular formula is C14H12FN3O4. The van der Waals surface area contributed by atoms with Crippen molar-refractivity contribution in [2.75, 3.05) is 11.5 Å². The molecule has 114 valence electrons. The minimum absolute atomic E-state index is 0.116. The fourth-order valence-corrected chi connectivity index (χ4v) is 2.51. The molecule has 2 aliphatic rings. The van der Waals surface area contributed by atoms with Gasteiger partial charge in [-0.3, -0.25) is 15.0 Å². The molecular weight excluding hydrogens is 293 g/mol. The molecule has 2 heterocycles. The van der Waals surface area contributed by atoms with Crippen molar-refractivity contribution in [3.63, 3.8) is 0 Å². The molecule has 2 atom stereocenters. The number of carbonyl (C=O) groups excluding carboxylic acids is 3. The standard InChI is InChI=1S/C14H12FN3O4/c1-2-22-14(21)11-9-10(16-17-11)13(20)18(12(9)19)8-5-3-7(15)4-6-8/h3-6,9-10,16H,2H2,1H3/t9-,10-/m0/s1. The average molecular weight is 305 g/mol. The van der Waals surface area contributed by atoms with Crippen molar-refractivity contribution >= 4 is 29.2 Å². The van der Waals surface area contributed by atoms with E-state index in [1.165, 1.54) is 12.1 Å². The van der Waals surface area contributed by atoms with Crippen LogP contribution in [0.25, 0.3) is 0 Å². The van der Waals surface area contributed by atoms with Crippen molar-refractivity contribution in [1.82, 2.24) is 5.43 Å². The Labute approximate surface area is 124 Å². The quantitative estimate of drug-likeness (QED) is 0.637. The number of nitrogens with zero attached hydrogens (tertiary/aromatic N) is 2. The number of nitrogens with one attached hydrogen (secondary N) is 1. The van der Waals surface area contributed by atoms with Crippen molar-refractivity contribution in [1.29, 1.82) is 0 Å². The molecule has 22 heavy (non-hydrogen) atoms. The number of carbonyl (C=O) groups is 3. The SMILES string of the molecule is CCOC(=O)C1=NN[C@@H]2C(=O)N(c3ccc(F)cc3)C(=O)[C@H]12. The predicted octanol–water partition coefficient (Wildman–Crippen LogP) is 0.206. The van der Waals surface area contributed by atoms with Crippen LogP contribution >= 0.6 is 0 Å². The smallest absolute Gasteiger partial charge is 0.355 e. The molecule has 1 saturated heterocycles. The minimum atomic E-state index is -1.02. The van der Waals surface area contributed by atoms with E-state index >= 15 is 0 Å². The highest BCUT2D eigenvalue weighted by atomic mass is 19.1. The van der Waals surface area contributed by atoms with Crippen molar-refractivity contribution in [3.8, 4) is 0 Å². The number of rotatable bonds is 3. The molecule has 0 aliphatic carbocycles. The number of hydrogen-bond acceptors (Lipinski definition) is 6. The van der Waals surface area contributed by atoms with E-state index in [2.05, 4.69) is 10.5 Å². The van der Waals surface area contributed by atoms with Gasteiger partial charge >= 0.3 is 5.97 Å². The van der Waals surface area contributed by atoms with E-state index in [-0.39, 0.29) is 18.0 Å². The van der Waals surface area contributed by atoms with E-state index < -0.39 is 35.6 Å². The summed E-state index contributed by atoms with van der Waals surface area (Å²) in [5.74, 6) is -3.35. The van der Waals surface area contributed by atoms with Gasteiger partial charge in [0.25, 0.3) is 5.91 Å². The van der Waals surface area contributed by atoms with Crippen LogP contribution in [0.15, 0.2) is 29.4 Å². The summed E-state index contributed by atoms with van der Waals surface area (Å²) in [6.45, 7) is 1.77. The summed E-state index contributed by atoms with van der Waals surface area (Å²) in [6.07, 6.45) is 0. The van der Waals surface area contributed by atoms with Crippen molar-refractivity contribution in [2.45, 2.75) is 13.0 Å². The Bertz CT molecular complexity index is 686. The lowest BCUT2D eigenvalue weighted by atomic mass is 9.99.